The topological polar surface area (TPSA) is 42.7 Å². The molecule has 1 aliphatic rings. The van der Waals surface area contributed by atoms with Crippen molar-refractivity contribution in [3.63, 3.8) is 0 Å². The van der Waals surface area contributed by atoms with Crippen LogP contribution < -0.4 is 5.32 Å². The summed E-state index contributed by atoms with van der Waals surface area (Å²) in [6, 6.07) is 0.601. The third-order valence-corrected chi connectivity index (χ3v) is 3.10. The van der Waals surface area contributed by atoms with Crippen molar-refractivity contribution in [3.05, 3.63) is 12.2 Å². The second kappa shape index (κ2) is 5.43. The fourth-order valence-electron chi connectivity index (χ4n) is 2.30. The zero-order chi connectivity index (χ0) is 11.4. The van der Waals surface area contributed by atoms with Crippen LogP contribution in [0.15, 0.2) is 6.33 Å². The molecule has 2 rings (SSSR count). The van der Waals surface area contributed by atoms with Crippen LogP contribution in [0.5, 0.6) is 0 Å². The van der Waals surface area contributed by atoms with E-state index in [1.165, 1.54) is 19.3 Å². The first-order valence-corrected chi connectivity index (χ1v) is 6.36. The van der Waals surface area contributed by atoms with Gasteiger partial charge in [0.25, 0.3) is 0 Å². The van der Waals surface area contributed by atoms with Crippen molar-refractivity contribution in [2.45, 2.75) is 52.1 Å². The molecule has 1 saturated heterocycles. The van der Waals surface area contributed by atoms with E-state index in [0.717, 1.165) is 25.3 Å². The summed E-state index contributed by atoms with van der Waals surface area (Å²) in [5.41, 5.74) is 0. The molecule has 1 aromatic heterocycles. The number of rotatable bonds is 4. The van der Waals surface area contributed by atoms with Crippen molar-refractivity contribution >= 4 is 0 Å². The predicted molar refractivity (Wildman–Crippen MR) is 64.2 cm³/mol. The molecule has 0 bridgehead atoms. The number of piperidine rings is 1. The predicted octanol–water partition coefficient (Wildman–Crippen LogP) is 1.62. The molecule has 0 spiro atoms. The van der Waals surface area contributed by atoms with Crippen molar-refractivity contribution in [1.29, 1.82) is 0 Å². The van der Waals surface area contributed by atoms with Gasteiger partial charge in [-0.25, -0.2) is 0 Å². The number of nitrogens with zero attached hydrogens (tertiary/aromatic N) is 3. The molecule has 0 aromatic carbocycles. The van der Waals surface area contributed by atoms with Gasteiger partial charge in [-0.2, -0.15) is 0 Å². The number of hydrogen-bond acceptors (Lipinski definition) is 3. The first-order valence-electron chi connectivity index (χ1n) is 6.36. The normalized spacial score (nSPS) is 21.6. The number of nitrogens with one attached hydrogen (secondary N) is 1. The zero-order valence-electron chi connectivity index (χ0n) is 10.3. The highest BCUT2D eigenvalue weighted by Gasteiger charge is 2.16. The fourth-order valence-corrected chi connectivity index (χ4v) is 2.30. The maximum absolute atomic E-state index is 4.24. The molecule has 16 heavy (non-hydrogen) atoms. The molecule has 1 aromatic rings. The SMILES string of the molecule is CC(C)Cn1cnnc1CC1CCCCN1. The van der Waals surface area contributed by atoms with Gasteiger partial charge in [0, 0.05) is 19.0 Å². The van der Waals surface area contributed by atoms with E-state index in [1.54, 1.807) is 0 Å². The molecule has 2 heterocycles. The average molecular weight is 222 g/mol. The lowest BCUT2D eigenvalue weighted by Gasteiger charge is -2.23. The summed E-state index contributed by atoms with van der Waals surface area (Å²) in [6.07, 6.45) is 6.81. The van der Waals surface area contributed by atoms with Crippen molar-refractivity contribution < 1.29 is 0 Å². The van der Waals surface area contributed by atoms with E-state index >= 15 is 0 Å². The lowest BCUT2D eigenvalue weighted by atomic mass is 10.0. The summed E-state index contributed by atoms with van der Waals surface area (Å²) in [7, 11) is 0. The van der Waals surface area contributed by atoms with E-state index < -0.39 is 0 Å². The maximum atomic E-state index is 4.24. The van der Waals surface area contributed by atoms with Gasteiger partial charge in [0.2, 0.25) is 0 Å². The summed E-state index contributed by atoms with van der Waals surface area (Å²) in [5, 5.41) is 11.8. The van der Waals surface area contributed by atoms with Crippen molar-refractivity contribution in [1.82, 2.24) is 20.1 Å². The smallest absolute Gasteiger partial charge is 0.134 e. The molecule has 1 fully saturated rings. The maximum Gasteiger partial charge on any atom is 0.134 e. The monoisotopic (exact) mass is 222 g/mol. The molecule has 0 aliphatic carbocycles. The van der Waals surface area contributed by atoms with Crippen molar-refractivity contribution in [2.75, 3.05) is 6.54 Å². The third-order valence-electron chi connectivity index (χ3n) is 3.10. The lowest BCUT2D eigenvalue weighted by Crippen LogP contribution is -2.36. The Bertz CT molecular complexity index is 313. The van der Waals surface area contributed by atoms with Gasteiger partial charge < -0.3 is 9.88 Å². The summed E-state index contributed by atoms with van der Waals surface area (Å²) >= 11 is 0. The van der Waals surface area contributed by atoms with Crippen LogP contribution in [0.25, 0.3) is 0 Å². The number of hydrogen-bond donors (Lipinski definition) is 1. The second-order valence-corrected chi connectivity index (χ2v) is 5.14. The van der Waals surface area contributed by atoms with Crippen LogP contribution in [-0.4, -0.2) is 27.4 Å². The first kappa shape index (κ1) is 11.6. The summed E-state index contributed by atoms with van der Waals surface area (Å²) in [5.74, 6) is 1.78. The Kier molecular flexibility index (Phi) is 3.93. The van der Waals surface area contributed by atoms with Crippen LogP contribution in [0.1, 0.15) is 38.9 Å². The Labute approximate surface area is 97.5 Å². The molecule has 4 heteroatoms. The van der Waals surface area contributed by atoms with E-state index in [0.29, 0.717) is 12.0 Å². The van der Waals surface area contributed by atoms with Crippen LogP contribution in [0.4, 0.5) is 0 Å². The minimum absolute atomic E-state index is 0.601. The van der Waals surface area contributed by atoms with Gasteiger partial charge in [0.15, 0.2) is 0 Å². The van der Waals surface area contributed by atoms with E-state index in [2.05, 4.69) is 33.9 Å². The van der Waals surface area contributed by atoms with Gasteiger partial charge in [-0.15, -0.1) is 10.2 Å². The molecule has 1 N–H and O–H groups in total. The number of aromatic nitrogens is 3. The molecular weight excluding hydrogens is 200 g/mol. The van der Waals surface area contributed by atoms with Gasteiger partial charge >= 0.3 is 0 Å². The molecule has 1 atom stereocenters. The van der Waals surface area contributed by atoms with E-state index in [1.807, 2.05) is 6.33 Å². The molecule has 0 radical (unpaired) electrons. The Morgan fingerprint density at radius 2 is 2.38 bits per heavy atom. The van der Waals surface area contributed by atoms with Gasteiger partial charge in [-0.1, -0.05) is 20.3 Å². The highest BCUT2D eigenvalue weighted by Crippen LogP contribution is 2.12. The molecule has 4 nitrogen and oxygen atoms in total. The van der Waals surface area contributed by atoms with Gasteiger partial charge in [-0.05, 0) is 25.3 Å². The minimum Gasteiger partial charge on any atom is -0.317 e. The Morgan fingerprint density at radius 3 is 3.06 bits per heavy atom. The quantitative estimate of drug-likeness (QED) is 0.842. The van der Waals surface area contributed by atoms with Gasteiger partial charge in [0.05, 0.1) is 0 Å². The van der Waals surface area contributed by atoms with E-state index in [-0.39, 0.29) is 0 Å². The molecular formula is C12H22N4. The van der Waals surface area contributed by atoms with Crippen LogP contribution >= 0.6 is 0 Å². The summed E-state index contributed by atoms with van der Waals surface area (Å²) in [6.45, 7) is 6.63. The largest absolute Gasteiger partial charge is 0.317 e. The van der Waals surface area contributed by atoms with Crippen molar-refractivity contribution in [3.8, 4) is 0 Å². The summed E-state index contributed by atoms with van der Waals surface area (Å²) < 4.78 is 2.20. The molecule has 90 valence electrons. The third kappa shape index (κ3) is 3.04. The van der Waals surface area contributed by atoms with E-state index in [9.17, 15) is 0 Å². The molecule has 0 saturated carbocycles. The van der Waals surface area contributed by atoms with Crippen LogP contribution in [0.2, 0.25) is 0 Å². The molecule has 0 amide bonds. The standard InChI is InChI=1S/C12H22N4/c1-10(2)8-16-9-14-15-12(16)7-11-5-3-4-6-13-11/h9-11,13H,3-8H2,1-2H3. The Hall–Kier alpha value is -0.900. The minimum atomic E-state index is 0.601. The second-order valence-electron chi connectivity index (χ2n) is 5.14. The fraction of sp³-hybridized carbons (Fsp3) is 0.833. The highest BCUT2D eigenvalue weighted by molar-refractivity contribution is 4.92. The highest BCUT2D eigenvalue weighted by atomic mass is 15.3. The first-order chi connectivity index (χ1) is 7.75. The summed E-state index contributed by atoms with van der Waals surface area (Å²) in [4.78, 5) is 0. The molecule has 1 aliphatic heterocycles. The van der Waals surface area contributed by atoms with Gasteiger partial charge in [0.1, 0.15) is 12.2 Å². The van der Waals surface area contributed by atoms with Crippen LogP contribution in [0, 0.1) is 5.92 Å². The Morgan fingerprint density at radius 1 is 1.50 bits per heavy atom. The van der Waals surface area contributed by atoms with E-state index in [4.69, 9.17) is 0 Å². The van der Waals surface area contributed by atoms with Crippen LogP contribution in [-0.2, 0) is 13.0 Å². The molecule has 1 unspecified atom stereocenters. The van der Waals surface area contributed by atoms with Crippen LogP contribution in [0.3, 0.4) is 0 Å². The Balaban J connectivity index is 1.94. The van der Waals surface area contributed by atoms with Crippen molar-refractivity contribution in [2.24, 2.45) is 5.92 Å². The van der Waals surface area contributed by atoms with Gasteiger partial charge in [-0.3, -0.25) is 0 Å². The average Bonchev–Trinajstić information content (AvgIpc) is 2.66. The zero-order valence-corrected chi connectivity index (χ0v) is 10.3. The lowest BCUT2D eigenvalue weighted by molar-refractivity contribution is 0.385.